The Bertz CT molecular complexity index is 617. The fraction of sp³-hybridized carbons (Fsp3) is 0.0714. The van der Waals surface area contributed by atoms with Crippen LogP contribution in [0.15, 0.2) is 42.5 Å². The molecule has 0 fully saturated rings. The molecule has 0 saturated carbocycles. The van der Waals surface area contributed by atoms with Crippen LogP contribution in [0.2, 0.25) is 0 Å². The van der Waals surface area contributed by atoms with Crippen LogP contribution >= 0.6 is 0 Å². The maximum absolute atomic E-state index is 13.0. The van der Waals surface area contributed by atoms with E-state index in [0.717, 1.165) is 5.69 Å². The standard InChI is InChI=1S/C14H12FN3/c1-18(13-5-3-2-4-10(13)9-16)14-7-6-11(15)8-12(14)17/h2-8H,17H2,1H3. The van der Waals surface area contributed by atoms with Gasteiger partial charge in [0.1, 0.15) is 11.9 Å². The van der Waals surface area contributed by atoms with E-state index in [0.29, 0.717) is 16.9 Å². The molecular weight excluding hydrogens is 229 g/mol. The minimum atomic E-state index is -0.377. The summed E-state index contributed by atoms with van der Waals surface area (Å²) in [6, 6.07) is 13.5. The van der Waals surface area contributed by atoms with Crippen molar-refractivity contribution in [1.29, 1.82) is 5.26 Å². The number of hydrogen-bond acceptors (Lipinski definition) is 3. The zero-order valence-corrected chi connectivity index (χ0v) is 9.89. The lowest BCUT2D eigenvalue weighted by atomic mass is 10.1. The number of nitriles is 1. The predicted molar refractivity (Wildman–Crippen MR) is 70.0 cm³/mol. The summed E-state index contributed by atoms with van der Waals surface area (Å²) in [6.45, 7) is 0. The highest BCUT2D eigenvalue weighted by atomic mass is 19.1. The molecule has 4 heteroatoms. The van der Waals surface area contributed by atoms with Crippen molar-refractivity contribution in [2.45, 2.75) is 0 Å². The summed E-state index contributed by atoms with van der Waals surface area (Å²) in [5.74, 6) is -0.377. The monoisotopic (exact) mass is 241 g/mol. The van der Waals surface area contributed by atoms with Crippen molar-refractivity contribution in [3.63, 3.8) is 0 Å². The van der Waals surface area contributed by atoms with Gasteiger partial charge in [-0.25, -0.2) is 4.39 Å². The van der Waals surface area contributed by atoms with Crippen molar-refractivity contribution in [1.82, 2.24) is 0 Å². The van der Waals surface area contributed by atoms with Gasteiger partial charge in [0.25, 0.3) is 0 Å². The lowest BCUT2D eigenvalue weighted by molar-refractivity contribution is 0.628. The third kappa shape index (κ3) is 2.11. The van der Waals surface area contributed by atoms with Gasteiger partial charge in [-0.1, -0.05) is 12.1 Å². The third-order valence-corrected chi connectivity index (χ3v) is 2.74. The van der Waals surface area contributed by atoms with Crippen LogP contribution in [0.1, 0.15) is 5.56 Å². The van der Waals surface area contributed by atoms with Crippen molar-refractivity contribution in [2.24, 2.45) is 0 Å². The van der Waals surface area contributed by atoms with E-state index in [1.165, 1.54) is 12.1 Å². The third-order valence-electron chi connectivity index (χ3n) is 2.74. The van der Waals surface area contributed by atoms with Crippen LogP contribution in [-0.4, -0.2) is 7.05 Å². The van der Waals surface area contributed by atoms with Gasteiger partial charge in [0.2, 0.25) is 0 Å². The second-order valence-electron chi connectivity index (χ2n) is 3.89. The lowest BCUT2D eigenvalue weighted by Crippen LogP contribution is -2.13. The number of rotatable bonds is 2. The van der Waals surface area contributed by atoms with E-state index in [1.807, 2.05) is 12.1 Å². The van der Waals surface area contributed by atoms with E-state index >= 15 is 0 Å². The van der Waals surface area contributed by atoms with E-state index in [9.17, 15) is 4.39 Å². The van der Waals surface area contributed by atoms with Crippen LogP contribution in [0.5, 0.6) is 0 Å². The van der Waals surface area contributed by atoms with Gasteiger partial charge in [-0.15, -0.1) is 0 Å². The molecule has 0 aromatic heterocycles. The molecule has 0 aliphatic heterocycles. The number of benzene rings is 2. The Kier molecular flexibility index (Phi) is 3.16. The molecule has 2 rings (SSSR count). The molecule has 2 aromatic rings. The van der Waals surface area contributed by atoms with Crippen LogP contribution in [0.4, 0.5) is 21.5 Å². The molecule has 90 valence electrons. The summed E-state index contributed by atoms with van der Waals surface area (Å²) in [5.41, 5.74) is 8.07. The lowest BCUT2D eigenvalue weighted by Gasteiger charge is -2.22. The van der Waals surface area contributed by atoms with Gasteiger partial charge in [-0.3, -0.25) is 0 Å². The van der Waals surface area contributed by atoms with Gasteiger partial charge in [0.05, 0.1) is 22.6 Å². The maximum Gasteiger partial charge on any atom is 0.125 e. The van der Waals surface area contributed by atoms with Crippen molar-refractivity contribution in [2.75, 3.05) is 17.7 Å². The SMILES string of the molecule is CN(c1ccc(F)cc1N)c1ccccc1C#N. The first-order chi connectivity index (χ1) is 8.63. The summed E-state index contributed by atoms with van der Waals surface area (Å²) < 4.78 is 13.0. The first-order valence-electron chi connectivity index (χ1n) is 5.41. The van der Waals surface area contributed by atoms with Gasteiger partial charge >= 0.3 is 0 Å². The van der Waals surface area contributed by atoms with E-state index in [1.54, 1.807) is 30.1 Å². The van der Waals surface area contributed by atoms with Crippen LogP contribution in [0.3, 0.4) is 0 Å². The Morgan fingerprint density at radius 3 is 2.56 bits per heavy atom. The number of nitrogens with two attached hydrogens (primary N) is 1. The highest BCUT2D eigenvalue weighted by Gasteiger charge is 2.11. The number of para-hydroxylation sites is 1. The average molecular weight is 241 g/mol. The fourth-order valence-corrected chi connectivity index (χ4v) is 1.82. The minimum absolute atomic E-state index is 0.338. The van der Waals surface area contributed by atoms with Crippen molar-refractivity contribution >= 4 is 17.1 Å². The molecule has 2 N–H and O–H groups in total. The van der Waals surface area contributed by atoms with E-state index in [-0.39, 0.29) is 5.82 Å². The molecule has 2 aromatic carbocycles. The van der Waals surface area contributed by atoms with Gasteiger partial charge in [0.15, 0.2) is 0 Å². The van der Waals surface area contributed by atoms with Gasteiger partial charge in [0, 0.05) is 7.05 Å². The number of nitrogens with zero attached hydrogens (tertiary/aromatic N) is 2. The van der Waals surface area contributed by atoms with Crippen molar-refractivity contribution in [3.05, 3.63) is 53.8 Å². The summed E-state index contributed by atoms with van der Waals surface area (Å²) in [6.07, 6.45) is 0. The number of halogens is 1. The molecule has 0 bridgehead atoms. The Balaban J connectivity index is 2.48. The number of nitrogen functional groups attached to an aromatic ring is 1. The molecule has 0 radical (unpaired) electrons. The number of anilines is 3. The van der Waals surface area contributed by atoms with Gasteiger partial charge in [-0.2, -0.15) is 5.26 Å². The summed E-state index contributed by atoms with van der Waals surface area (Å²) >= 11 is 0. The Morgan fingerprint density at radius 2 is 1.89 bits per heavy atom. The Morgan fingerprint density at radius 1 is 1.17 bits per heavy atom. The summed E-state index contributed by atoms with van der Waals surface area (Å²) in [7, 11) is 1.79. The van der Waals surface area contributed by atoms with E-state index in [2.05, 4.69) is 6.07 Å². The first kappa shape index (κ1) is 11.9. The molecule has 0 amide bonds. The van der Waals surface area contributed by atoms with Crippen molar-refractivity contribution < 1.29 is 4.39 Å². The van der Waals surface area contributed by atoms with Gasteiger partial charge in [-0.05, 0) is 30.3 Å². The highest BCUT2D eigenvalue weighted by Crippen LogP contribution is 2.31. The maximum atomic E-state index is 13.0. The zero-order valence-electron chi connectivity index (χ0n) is 9.89. The van der Waals surface area contributed by atoms with Crippen LogP contribution in [0.25, 0.3) is 0 Å². The summed E-state index contributed by atoms with van der Waals surface area (Å²) in [4.78, 5) is 1.77. The summed E-state index contributed by atoms with van der Waals surface area (Å²) in [5, 5.41) is 9.06. The smallest absolute Gasteiger partial charge is 0.125 e. The molecule has 0 spiro atoms. The van der Waals surface area contributed by atoms with E-state index < -0.39 is 0 Å². The molecule has 3 nitrogen and oxygen atoms in total. The molecule has 0 aliphatic rings. The average Bonchev–Trinajstić information content (AvgIpc) is 2.38. The molecule has 0 saturated heterocycles. The molecule has 18 heavy (non-hydrogen) atoms. The molecular formula is C14H12FN3. The highest BCUT2D eigenvalue weighted by molar-refractivity contribution is 5.76. The normalized spacial score (nSPS) is 9.83. The first-order valence-corrected chi connectivity index (χ1v) is 5.41. The van der Waals surface area contributed by atoms with Crippen LogP contribution < -0.4 is 10.6 Å². The van der Waals surface area contributed by atoms with E-state index in [4.69, 9.17) is 11.0 Å². The molecule has 0 atom stereocenters. The van der Waals surface area contributed by atoms with Crippen molar-refractivity contribution in [3.8, 4) is 6.07 Å². The zero-order chi connectivity index (χ0) is 13.1. The van der Waals surface area contributed by atoms with Crippen LogP contribution in [0, 0.1) is 17.1 Å². The predicted octanol–water partition coefficient (Wildman–Crippen LogP) is 3.05. The Hall–Kier alpha value is -2.54. The quantitative estimate of drug-likeness (QED) is 0.822. The number of hydrogen-bond donors (Lipinski definition) is 1. The topological polar surface area (TPSA) is 53.0 Å². The Labute approximate surface area is 105 Å². The minimum Gasteiger partial charge on any atom is -0.397 e. The van der Waals surface area contributed by atoms with Crippen LogP contribution in [-0.2, 0) is 0 Å². The van der Waals surface area contributed by atoms with Gasteiger partial charge < -0.3 is 10.6 Å². The largest absolute Gasteiger partial charge is 0.397 e. The second kappa shape index (κ2) is 4.76. The fourth-order valence-electron chi connectivity index (χ4n) is 1.82. The molecule has 0 unspecified atom stereocenters. The molecule has 0 aliphatic carbocycles. The second-order valence-corrected chi connectivity index (χ2v) is 3.89. The molecule has 0 heterocycles.